The number of Topliss-reactive ketones (excluding diaryl/α,β-unsaturated/α-hetero) is 1. The molecule has 14 heterocycles. The van der Waals surface area contributed by atoms with E-state index in [1.54, 1.807) is 9.13 Å². The summed E-state index contributed by atoms with van der Waals surface area (Å²) in [6, 6.07) is 0. The Labute approximate surface area is 710 Å². The molecule has 4 bridgehead atoms. The van der Waals surface area contributed by atoms with Crippen molar-refractivity contribution in [2.45, 2.75) is 169 Å². The van der Waals surface area contributed by atoms with Crippen LogP contribution in [0.15, 0.2) is 37.7 Å². The second-order valence-corrected chi connectivity index (χ2v) is 36.3. The Balaban J connectivity index is 0.000000204. The van der Waals surface area contributed by atoms with Crippen molar-refractivity contribution in [1.82, 2.24) is 68.1 Å². The van der Waals surface area contributed by atoms with Crippen LogP contribution in [0.4, 0.5) is 11.6 Å². The molecule has 0 saturated carbocycles. The molecule has 8 aromatic rings. The van der Waals surface area contributed by atoms with Crippen LogP contribution in [0.5, 0.6) is 0 Å². The second kappa shape index (κ2) is 35.0. The third kappa shape index (κ3) is 17.5. The predicted octanol–water partition coefficient (Wildman–Crippen LogP) is -12.5. The summed E-state index contributed by atoms with van der Waals surface area (Å²) in [4.78, 5) is 93.8. The molecule has 39 nitrogen and oxygen atoms in total. The number of hydrogen-bond acceptors (Lipinski definition) is 37. The first-order chi connectivity index (χ1) is 48.7. The van der Waals surface area contributed by atoms with Crippen molar-refractivity contribution in [2.24, 2.45) is 5.73 Å². The first-order valence-electron chi connectivity index (χ1n) is 32.2. The summed E-state index contributed by atoms with van der Waals surface area (Å²) >= 11 is 20.0. The standard InChI is InChI=1S/C29H36N8O12P2S2.C26H33N9O10P2S2.4Na/c30-25-20-27(35-18(34-25)6-5-14(39)8-38)37(12-33-20)29-24-21(40)16(46-29)9-44-50(42,52)48-23-17(10-45-51(43,53)49-24)47-28(22(23)41)36-7-13-3-1-2-4-15-19(13)26(36)32-11-31-15;27-5-15-32-22(28)17-24(33-15)35(10-31-17)26-21-18(36)13(42-26)7-40-46(38,48)44-20-14(8-41-47(39,49)45-21)43-25(19(20)37)34-6-11-3-1-2-4-12-16(11)23(34)30-9-29-12;;;;/h7,11-12,16-17,21-24,28-29,38,40-41H,1-6,8-10H2,(H,42,52)(H,43,53)(H2,30,34,35);6,9-10,13-14,18-21,25-26,36-37H,1-5,7-8,27H2,(H,38,48)(H,39,49)(H2,28,32,33);;;;/q;;4*+1/p-2/t16-,17-,21-,22-,23-,24-,28-,29-,50?,51?;13-,14-,18-,19-,20-,21-,25-,26-,46?,47?;;;;/m11..../s1. The van der Waals surface area contributed by atoms with Crippen LogP contribution >= 0.6 is 39.2 Å². The Morgan fingerprint density at radius 3 is 1.46 bits per heavy atom. The number of carbonyl (C=O) groups excluding carboxylic acids is 1. The molecule has 106 heavy (non-hydrogen) atoms. The number of nitrogen functional groups attached to an aromatic ring is 2. The van der Waals surface area contributed by atoms with E-state index < -0.39 is 164 Å². The number of anilines is 2. The molecule has 2 aliphatic carbocycles. The number of thiol groups is 1. The SMILES string of the molecule is NCc1nc(N)c2ncn([C@@H]3O[C@@H]4COP([O-])(=S)O[C@H]5[C@@H](O)[C@H](n6cc7c8c(ncnc86)CCCC7)O[C@@H]5COP(O)(=S)O[C@@H]3[C@@H]4O)c2n1.Nc1nc(CCC(=O)CO)nc2c1ncn2[C@@H]1O[C@@H]2COP([O-])(=S)O[C@H]3[C@@H](O)[C@H](n4cc5c6c(ncnc64)CCCC5)O[C@@H]3COP(=O)(S)O[C@@H]1[C@@H]2O.[Na+].[Na+].[Na+].[Na+]. The van der Waals surface area contributed by atoms with Crippen molar-refractivity contribution in [2.75, 3.05) is 44.5 Å². The van der Waals surface area contributed by atoms with Crippen LogP contribution in [-0.2, 0) is 139 Å². The molecule has 6 saturated heterocycles. The fourth-order valence-electron chi connectivity index (χ4n) is 13.9. The Morgan fingerprint density at radius 1 is 0.547 bits per heavy atom. The molecule has 8 aliphatic rings. The Bertz CT molecular complexity index is 4780. The number of hydrogen-bond donors (Lipinski definition) is 10. The summed E-state index contributed by atoms with van der Waals surface area (Å²) in [5, 5.41) is 56.7. The molecule has 16 rings (SSSR count). The van der Waals surface area contributed by atoms with E-state index in [2.05, 4.69) is 62.1 Å². The number of nitrogens with two attached hydrogens (primary N) is 3. The van der Waals surface area contributed by atoms with Gasteiger partial charge in [0, 0.05) is 36.0 Å². The van der Waals surface area contributed by atoms with Gasteiger partial charge in [-0.1, -0.05) is 35.9 Å². The average Bonchev–Trinajstić information content (AvgIpc) is 1.76. The van der Waals surface area contributed by atoms with Crippen LogP contribution in [0.1, 0.15) is 91.2 Å². The summed E-state index contributed by atoms with van der Waals surface area (Å²) in [6.45, 7) is -20.2. The fourth-order valence-corrected chi connectivity index (χ4v) is 19.6. The third-order valence-corrected chi connectivity index (χ3v) is 24.9. The number of fused-ring (bicyclic) bond motifs is 8. The van der Waals surface area contributed by atoms with Crippen LogP contribution < -0.4 is 145 Å². The van der Waals surface area contributed by atoms with Crippen molar-refractivity contribution >= 4 is 136 Å². The van der Waals surface area contributed by atoms with Gasteiger partial charge in [-0.3, -0.25) is 27.5 Å². The summed E-state index contributed by atoms with van der Waals surface area (Å²) in [5.41, 5.74) is 23.5. The van der Waals surface area contributed by atoms with Crippen molar-refractivity contribution in [3.63, 3.8) is 0 Å². The van der Waals surface area contributed by atoms with Gasteiger partial charge in [-0.15, -0.1) is 0 Å². The van der Waals surface area contributed by atoms with Gasteiger partial charge in [-0.25, -0.2) is 54.4 Å². The average molecular weight is 1660 g/mol. The van der Waals surface area contributed by atoms with Crippen LogP contribution in [0.25, 0.3) is 44.4 Å². The predicted molar refractivity (Wildman–Crippen MR) is 361 cm³/mol. The van der Waals surface area contributed by atoms with Gasteiger partial charge >= 0.3 is 132 Å². The third-order valence-electron chi connectivity index (χ3n) is 18.7. The van der Waals surface area contributed by atoms with Crippen LogP contribution in [0.2, 0.25) is 0 Å². The largest absolute Gasteiger partial charge is 1.00 e. The maximum atomic E-state index is 13.8. The number of carbonyl (C=O) groups is 1. The topological polar surface area (TPSA) is 539 Å². The molecular formula is C55H67N17Na4O22P4S4+2. The summed E-state index contributed by atoms with van der Waals surface area (Å²) in [6.07, 6.45) is -4.97. The number of aliphatic hydroxyl groups is 5. The first kappa shape index (κ1) is 86.2. The van der Waals surface area contributed by atoms with Gasteiger partial charge in [0.25, 0.3) is 0 Å². The van der Waals surface area contributed by atoms with Crippen molar-refractivity contribution in [3.8, 4) is 0 Å². The maximum absolute atomic E-state index is 13.8. The molecule has 8 aromatic heterocycles. The molecule has 20 atom stereocenters. The molecule has 12 N–H and O–H groups in total. The van der Waals surface area contributed by atoms with Crippen LogP contribution in [0.3, 0.4) is 0 Å². The Kier molecular flexibility index (Phi) is 28.5. The molecule has 550 valence electrons. The van der Waals surface area contributed by atoms with E-state index in [4.69, 9.17) is 113 Å². The van der Waals surface area contributed by atoms with Crippen LogP contribution in [-0.4, -0.2) is 211 Å². The minimum Gasteiger partial charge on any atom is -0.780 e. The second-order valence-electron chi connectivity index (χ2n) is 25.2. The molecule has 0 spiro atoms. The fraction of sp³-hybridized carbons (Fsp3) is 0.582. The molecular weight excluding hydrogens is 1590 g/mol. The van der Waals surface area contributed by atoms with E-state index in [0.29, 0.717) is 11.3 Å². The van der Waals surface area contributed by atoms with Gasteiger partial charge in [0.05, 0.1) is 57.0 Å². The quantitative estimate of drug-likeness (QED) is 0.0364. The molecule has 0 amide bonds. The zero-order valence-electron chi connectivity index (χ0n) is 57.2. The molecule has 6 fully saturated rings. The normalized spacial score (nSPS) is 34.6. The summed E-state index contributed by atoms with van der Waals surface area (Å²) in [7, 11) is 0. The van der Waals surface area contributed by atoms with E-state index in [1.807, 2.05) is 12.4 Å². The number of ether oxygens (including phenoxy) is 4. The Hall–Kier alpha value is -0.700. The van der Waals surface area contributed by atoms with Gasteiger partial charge in [0.2, 0.25) is 0 Å². The van der Waals surface area contributed by atoms with Crippen molar-refractivity contribution in [3.05, 3.63) is 71.9 Å². The number of aromatic nitrogens is 14. The van der Waals surface area contributed by atoms with E-state index in [1.165, 1.54) is 34.4 Å². The molecule has 0 aromatic carbocycles. The maximum Gasteiger partial charge on any atom is 1.00 e. The van der Waals surface area contributed by atoms with Gasteiger partial charge in [0.15, 0.2) is 53.6 Å². The van der Waals surface area contributed by atoms with Gasteiger partial charge in [-0.2, -0.15) is 0 Å². The van der Waals surface area contributed by atoms with E-state index in [-0.39, 0.29) is 183 Å². The number of rotatable bonds is 9. The zero-order chi connectivity index (χ0) is 71.5. The van der Waals surface area contributed by atoms with E-state index in [9.17, 15) is 44.5 Å². The number of aliphatic hydroxyl groups excluding tert-OH is 5. The zero-order valence-corrected chi connectivity index (χ0v) is 72.1. The first-order valence-corrected chi connectivity index (χ1v) is 42.6. The summed E-state index contributed by atoms with van der Waals surface area (Å²) in [5.74, 6) is 0.00402. The van der Waals surface area contributed by atoms with Gasteiger partial charge in [-0.05, 0) is 74.3 Å². The monoisotopic (exact) mass is 1660 g/mol. The molecule has 4 unspecified atom stereocenters. The van der Waals surface area contributed by atoms with Crippen LogP contribution in [0, 0.1) is 0 Å². The number of ketones is 1. The molecule has 0 radical (unpaired) electrons. The van der Waals surface area contributed by atoms with Gasteiger partial charge in [0.1, 0.15) is 140 Å². The minimum absolute atomic E-state index is 0. The van der Waals surface area contributed by atoms with Crippen molar-refractivity contribution in [1.29, 1.82) is 0 Å². The Morgan fingerprint density at radius 2 is 0.981 bits per heavy atom. The smallest absolute Gasteiger partial charge is 0.780 e. The van der Waals surface area contributed by atoms with Gasteiger partial charge < -0.3 is 108 Å². The molecule has 6 aliphatic heterocycles. The number of nitrogens with zero attached hydrogens (tertiary/aromatic N) is 14. The minimum atomic E-state index is -4.44. The van der Waals surface area contributed by atoms with E-state index in [0.717, 1.165) is 84.7 Å². The van der Waals surface area contributed by atoms with E-state index >= 15 is 0 Å². The number of imidazole rings is 2. The number of aryl methyl sites for hydroxylation is 5. The summed E-state index contributed by atoms with van der Waals surface area (Å²) < 4.78 is 90.3. The molecule has 51 heteroatoms. The van der Waals surface area contributed by atoms with Crippen molar-refractivity contribution < 1.29 is 223 Å².